The second-order valence-electron chi connectivity index (χ2n) is 5.91. The molecule has 1 aliphatic rings. The van der Waals surface area contributed by atoms with Crippen molar-refractivity contribution in [1.82, 2.24) is 0 Å². The summed E-state index contributed by atoms with van der Waals surface area (Å²) < 4.78 is 4.61. The van der Waals surface area contributed by atoms with Gasteiger partial charge in [0.1, 0.15) is 0 Å². The minimum Gasteiger partial charge on any atom is -0.478 e. The molecule has 23 heavy (non-hydrogen) atoms. The Balaban J connectivity index is 2.03. The number of rotatable bonds is 9. The van der Waals surface area contributed by atoms with Gasteiger partial charge in [0.05, 0.1) is 16.7 Å². The van der Waals surface area contributed by atoms with Crippen LogP contribution in [0.15, 0.2) is 12.1 Å². The highest BCUT2D eigenvalue weighted by Crippen LogP contribution is 2.27. The Labute approximate surface area is 135 Å². The molecule has 1 aromatic rings. The van der Waals surface area contributed by atoms with E-state index in [2.05, 4.69) is 11.7 Å². The lowest BCUT2D eigenvalue weighted by Gasteiger charge is -2.07. The number of carboxylic acids is 1. The summed E-state index contributed by atoms with van der Waals surface area (Å²) in [5.74, 6) is -2.53. The fourth-order valence-electron chi connectivity index (χ4n) is 2.89. The molecule has 1 aliphatic heterocycles. The van der Waals surface area contributed by atoms with Crippen LogP contribution in [0, 0.1) is 0 Å². The molecule has 1 N–H and O–H groups in total. The smallest absolute Gasteiger partial charge is 0.347 e. The van der Waals surface area contributed by atoms with Gasteiger partial charge in [0.2, 0.25) is 0 Å². The van der Waals surface area contributed by atoms with E-state index in [0.717, 1.165) is 19.3 Å². The minimum absolute atomic E-state index is 0.0216. The number of benzene rings is 1. The van der Waals surface area contributed by atoms with Crippen LogP contribution in [0.3, 0.4) is 0 Å². The van der Waals surface area contributed by atoms with Crippen LogP contribution in [0.1, 0.15) is 88.5 Å². The molecule has 0 atom stereocenters. The van der Waals surface area contributed by atoms with Gasteiger partial charge in [-0.05, 0) is 30.5 Å². The van der Waals surface area contributed by atoms with Gasteiger partial charge in [0.25, 0.3) is 0 Å². The quantitative estimate of drug-likeness (QED) is 0.423. The molecule has 1 aromatic carbocycles. The van der Waals surface area contributed by atoms with E-state index in [1.54, 1.807) is 0 Å². The van der Waals surface area contributed by atoms with Crippen molar-refractivity contribution in [3.63, 3.8) is 0 Å². The Morgan fingerprint density at radius 1 is 1.00 bits per heavy atom. The highest BCUT2D eigenvalue weighted by Gasteiger charge is 2.33. The Kier molecular flexibility index (Phi) is 5.90. The number of hydrogen-bond donors (Lipinski definition) is 1. The van der Waals surface area contributed by atoms with Crippen molar-refractivity contribution in [2.45, 2.75) is 58.3 Å². The maximum absolute atomic E-state index is 11.8. The molecule has 0 bridgehead atoms. The average Bonchev–Trinajstić information content (AvgIpc) is 2.81. The van der Waals surface area contributed by atoms with Crippen LogP contribution >= 0.6 is 0 Å². The minimum atomic E-state index is -1.11. The number of carbonyl (C=O) groups excluding carboxylic acids is 2. The average molecular weight is 318 g/mol. The van der Waals surface area contributed by atoms with Crippen molar-refractivity contribution in [1.29, 1.82) is 0 Å². The number of fused-ring (bicyclic) bond motifs is 1. The molecule has 0 amide bonds. The maximum atomic E-state index is 11.8. The van der Waals surface area contributed by atoms with Gasteiger partial charge in [0.15, 0.2) is 0 Å². The van der Waals surface area contributed by atoms with Crippen molar-refractivity contribution in [2.24, 2.45) is 0 Å². The summed E-state index contributed by atoms with van der Waals surface area (Å²) in [4.78, 5) is 34.6. The fraction of sp³-hybridized carbons (Fsp3) is 0.500. The number of hydrogen-bond acceptors (Lipinski definition) is 4. The molecule has 0 unspecified atom stereocenters. The van der Waals surface area contributed by atoms with Gasteiger partial charge in [-0.15, -0.1) is 0 Å². The van der Waals surface area contributed by atoms with E-state index in [1.807, 2.05) is 0 Å². The molecule has 5 nitrogen and oxygen atoms in total. The topological polar surface area (TPSA) is 80.7 Å². The first-order valence-electron chi connectivity index (χ1n) is 8.21. The number of aromatic carboxylic acids is 1. The number of ether oxygens (including phenoxy) is 1. The molecular weight excluding hydrogens is 296 g/mol. The van der Waals surface area contributed by atoms with E-state index in [-0.39, 0.29) is 16.7 Å². The van der Waals surface area contributed by atoms with Crippen LogP contribution in [-0.2, 0) is 11.2 Å². The summed E-state index contributed by atoms with van der Waals surface area (Å²) in [5.41, 5.74) is 0.941. The third-order valence-corrected chi connectivity index (χ3v) is 4.13. The highest BCUT2D eigenvalue weighted by molar-refractivity contribution is 6.16. The lowest BCUT2D eigenvalue weighted by Crippen LogP contribution is -2.05. The normalized spacial score (nSPS) is 13.1. The van der Waals surface area contributed by atoms with Crippen LogP contribution in [0.5, 0.6) is 0 Å². The number of esters is 2. The van der Waals surface area contributed by atoms with E-state index >= 15 is 0 Å². The molecule has 0 saturated carbocycles. The van der Waals surface area contributed by atoms with Crippen molar-refractivity contribution < 1.29 is 24.2 Å². The monoisotopic (exact) mass is 318 g/mol. The molecule has 2 rings (SSSR count). The molecule has 0 radical (unpaired) electrons. The third-order valence-electron chi connectivity index (χ3n) is 4.13. The largest absolute Gasteiger partial charge is 0.478 e. The lowest BCUT2D eigenvalue weighted by atomic mass is 9.95. The highest BCUT2D eigenvalue weighted by atomic mass is 16.6. The van der Waals surface area contributed by atoms with Crippen molar-refractivity contribution >= 4 is 17.9 Å². The second-order valence-corrected chi connectivity index (χ2v) is 5.91. The molecule has 0 aliphatic carbocycles. The second kappa shape index (κ2) is 7.90. The zero-order valence-corrected chi connectivity index (χ0v) is 13.4. The van der Waals surface area contributed by atoms with Gasteiger partial charge in [-0.3, -0.25) is 0 Å². The van der Waals surface area contributed by atoms with Crippen LogP contribution in [-0.4, -0.2) is 23.0 Å². The number of aryl methyl sites for hydroxylation is 1. The zero-order valence-electron chi connectivity index (χ0n) is 13.4. The fourth-order valence-corrected chi connectivity index (χ4v) is 2.89. The van der Waals surface area contributed by atoms with Gasteiger partial charge >= 0.3 is 17.9 Å². The first-order valence-corrected chi connectivity index (χ1v) is 8.21. The van der Waals surface area contributed by atoms with Crippen molar-refractivity contribution in [2.75, 3.05) is 0 Å². The Morgan fingerprint density at radius 3 is 2.30 bits per heavy atom. The van der Waals surface area contributed by atoms with E-state index in [0.29, 0.717) is 12.0 Å². The molecular formula is C18H22O5. The summed E-state index contributed by atoms with van der Waals surface area (Å²) in [6, 6.07) is 2.71. The van der Waals surface area contributed by atoms with Gasteiger partial charge in [0, 0.05) is 0 Å². The van der Waals surface area contributed by atoms with Crippen molar-refractivity contribution in [3.8, 4) is 0 Å². The first kappa shape index (κ1) is 17.2. The predicted octanol–water partition coefficient (Wildman–Crippen LogP) is 3.99. The standard InChI is InChI=1S/C18H22O5/c1-2-3-4-5-6-7-8-9-12-10-13(16(19)20)11-14-15(12)18(22)23-17(14)21/h10-11H,2-9H2,1H3,(H,19,20). The first-order chi connectivity index (χ1) is 11.0. The Bertz CT molecular complexity index is 618. The lowest BCUT2D eigenvalue weighted by molar-refractivity contribution is 0.0443. The van der Waals surface area contributed by atoms with E-state index in [9.17, 15) is 14.4 Å². The maximum Gasteiger partial charge on any atom is 0.347 e. The van der Waals surface area contributed by atoms with Crippen LogP contribution < -0.4 is 0 Å². The molecule has 0 aromatic heterocycles. The van der Waals surface area contributed by atoms with Gasteiger partial charge in [-0.2, -0.15) is 0 Å². The van der Waals surface area contributed by atoms with E-state index in [4.69, 9.17) is 5.11 Å². The molecule has 124 valence electrons. The molecule has 0 spiro atoms. The number of carbonyl (C=O) groups is 3. The van der Waals surface area contributed by atoms with Gasteiger partial charge in [-0.25, -0.2) is 14.4 Å². The molecule has 0 saturated heterocycles. The summed E-state index contributed by atoms with van der Waals surface area (Å²) in [6.45, 7) is 2.18. The zero-order chi connectivity index (χ0) is 16.8. The summed E-state index contributed by atoms with van der Waals surface area (Å²) in [7, 11) is 0. The van der Waals surface area contributed by atoms with Crippen LogP contribution in [0.25, 0.3) is 0 Å². The number of carboxylic acid groups (broad SMARTS) is 1. The SMILES string of the molecule is CCCCCCCCCc1cc(C(=O)O)cc2c1C(=O)OC2=O. The number of cyclic esters (lactones) is 2. The van der Waals surface area contributed by atoms with E-state index < -0.39 is 17.9 Å². The van der Waals surface area contributed by atoms with Crippen LogP contribution in [0.2, 0.25) is 0 Å². The summed E-state index contributed by atoms with van der Waals surface area (Å²) in [6.07, 6.45) is 8.50. The van der Waals surface area contributed by atoms with Crippen LogP contribution in [0.4, 0.5) is 0 Å². The summed E-state index contributed by atoms with van der Waals surface area (Å²) >= 11 is 0. The molecule has 0 fully saturated rings. The van der Waals surface area contributed by atoms with Gasteiger partial charge in [-0.1, -0.05) is 45.4 Å². The van der Waals surface area contributed by atoms with Crippen molar-refractivity contribution in [3.05, 3.63) is 34.4 Å². The number of unbranched alkanes of at least 4 members (excludes halogenated alkanes) is 6. The summed E-state index contributed by atoms with van der Waals surface area (Å²) in [5, 5.41) is 9.15. The molecule has 5 heteroatoms. The third kappa shape index (κ3) is 4.18. The molecule has 1 heterocycles. The predicted molar refractivity (Wildman–Crippen MR) is 84.8 cm³/mol. The van der Waals surface area contributed by atoms with E-state index in [1.165, 1.54) is 37.8 Å². The Hall–Kier alpha value is -2.17. The van der Waals surface area contributed by atoms with Gasteiger partial charge < -0.3 is 9.84 Å². The Morgan fingerprint density at radius 2 is 1.65 bits per heavy atom.